The molecule has 0 unspecified atom stereocenters. The van der Waals surface area contributed by atoms with Gasteiger partial charge in [-0.05, 0) is 12.0 Å². The number of fused-ring (bicyclic) bond motifs is 1. The molecule has 2 N–H and O–H groups in total. The minimum Gasteiger partial charge on any atom is -0.490 e. The van der Waals surface area contributed by atoms with Crippen molar-refractivity contribution < 1.29 is 4.74 Å². The zero-order valence-electron chi connectivity index (χ0n) is 10.1. The highest BCUT2D eigenvalue weighted by Gasteiger charge is 2.17. The third kappa shape index (κ3) is 2.47. The van der Waals surface area contributed by atoms with E-state index in [0.717, 1.165) is 37.7 Å². The maximum absolute atomic E-state index is 5.91. The molecule has 2 rings (SSSR count). The van der Waals surface area contributed by atoms with E-state index in [4.69, 9.17) is 10.5 Å². The molecule has 0 saturated heterocycles. The Bertz CT molecular complexity index is 363. The van der Waals surface area contributed by atoms with Gasteiger partial charge >= 0.3 is 0 Å². The largest absolute Gasteiger partial charge is 0.490 e. The molecule has 0 aliphatic carbocycles. The zero-order valence-corrected chi connectivity index (χ0v) is 10.1. The molecule has 0 amide bonds. The molecule has 16 heavy (non-hydrogen) atoms. The fourth-order valence-electron chi connectivity index (χ4n) is 2.17. The number of rotatable bonds is 2. The highest BCUT2D eigenvalue weighted by Crippen LogP contribution is 2.29. The molecule has 1 aliphatic heterocycles. The van der Waals surface area contributed by atoms with Crippen LogP contribution in [0, 0.1) is 5.92 Å². The summed E-state index contributed by atoms with van der Waals surface area (Å²) in [5.74, 6) is 1.57. The van der Waals surface area contributed by atoms with E-state index < -0.39 is 0 Å². The van der Waals surface area contributed by atoms with Crippen LogP contribution >= 0.6 is 0 Å². The van der Waals surface area contributed by atoms with Gasteiger partial charge in [-0.25, -0.2) is 0 Å². The van der Waals surface area contributed by atoms with Crippen molar-refractivity contribution in [3.05, 3.63) is 23.8 Å². The first-order valence-electron chi connectivity index (χ1n) is 5.89. The summed E-state index contributed by atoms with van der Waals surface area (Å²) >= 11 is 0. The summed E-state index contributed by atoms with van der Waals surface area (Å²) in [5.41, 5.74) is 7.87. The number of anilines is 1. The zero-order chi connectivity index (χ0) is 11.5. The minimum atomic E-state index is 0.683. The monoisotopic (exact) mass is 220 g/mol. The molecular weight excluding hydrogens is 200 g/mol. The maximum atomic E-state index is 5.91. The van der Waals surface area contributed by atoms with Gasteiger partial charge in [0.1, 0.15) is 12.4 Å². The van der Waals surface area contributed by atoms with Crippen molar-refractivity contribution in [1.29, 1.82) is 0 Å². The summed E-state index contributed by atoms with van der Waals surface area (Å²) in [5, 5.41) is 0. The van der Waals surface area contributed by atoms with Crippen LogP contribution in [-0.4, -0.2) is 24.6 Å². The molecule has 1 aromatic rings. The average Bonchev–Trinajstić information content (AvgIpc) is 2.39. The predicted octanol–water partition coefficient (Wildman–Crippen LogP) is 2.12. The van der Waals surface area contributed by atoms with Gasteiger partial charge in [0, 0.05) is 25.2 Å². The average molecular weight is 220 g/mol. The van der Waals surface area contributed by atoms with E-state index in [0.29, 0.717) is 5.92 Å². The van der Waals surface area contributed by atoms with E-state index in [1.807, 2.05) is 12.1 Å². The Hall–Kier alpha value is -1.22. The van der Waals surface area contributed by atoms with Crippen LogP contribution in [0.15, 0.2) is 18.2 Å². The van der Waals surface area contributed by atoms with E-state index >= 15 is 0 Å². The lowest BCUT2D eigenvalue weighted by Gasteiger charge is -2.21. The van der Waals surface area contributed by atoms with Crippen LogP contribution in [0.1, 0.15) is 19.4 Å². The van der Waals surface area contributed by atoms with E-state index in [2.05, 4.69) is 24.8 Å². The van der Waals surface area contributed by atoms with Crippen molar-refractivity contribution in [2.75, 3.05) is 25.4 Å². The number of nitrogens with two attached hydrogens (primary N) is 1. The lowest BCUT2D eigenvalue weighted by atomic mass is 10.1. The van der Waals surface area contributed by atoms with E-state index in [1.165, 1.54) is 5.56 Å². The summed E-state index contributed by atoms with van der Waals surface area (Å²) in [6.07, 6.45) is 0. The predicted molar refractivity (Wildman–Crippen MR) is 66.5 cm³/mol. The Labute approximate surface area is 97.2 Å². The Morgan fingerprint density at radius 2 is 2.25 bits per heavy atom. The third-order valence-corrected chi connectivity index (χ3v) is 2.80. The molecule has 0 aromatic heterocycles. The van der Waals surface area contributed by atoms with Crippen LogP contribution in [0.3, 0.4) is 0 Å². The van der Waals surface area contributed by atoms with Gasteiger partial charge in [-0.2, -0.15) is 0 Å². The second-order valence-corrected chi connectivity index (χ2v) is 4.81. The standard InChI is InChI=1S/C13H20N2O/c1-10(2)8-15-6-7-16-13-11(9-15)4-3-5-12(13)14/h3-5,10H,6-9,14H2,1-2H3. The van der Waals surface area contributed by atoms with Gasteiger partial charge in [0.25, 0.3) is 0 Å². The molecule has 0 fully saturated rings. The van der Waals surface area contributed by atoms with Crippen LogP contribution in [-0.2, 0) is 6.54 Å². The normalized spacial score (nSPS) is 16.7. The van der Waals surface area contributed by atoms with Crippen LogP contribution in [0.4, 0.5) is 5.69 Å². The first-order chi connectivity index (χ1) is 7.66. The second-order valence-electron chi connectivity index (χ2n) is 4.81. The number of ether oxygens (including phenoxy) is 1. The molecule has 0 radical (unpaired) electrons. The van der Waals surface area contributed by atoms with Crippen molar-refractivity contribution in [3.8, 4) is 5.75 Å². The SMILES string of the molecule is CC(C)CN1CCOc2c(N)cccc2C1. The number of nitrogen functional groups attached to an aromatic ring is 1. The first-order valence-corrected chi connectivity index (χ1v) is 5.89. The molecule has 1 aliphatic rings. The number of hydrogen-bond acceptors (Lipinski definition) is 3. The Kier molecular flexibility index (Phi) is 3.34. The van der Waals surface area contributed by atoms with E-state index in [1.54, 1.807) is 0 Å². The van der Waals surface area contributed by atoms with E-state index in [-0.39, 0.29) is 0 Å². The Balaban J connectivity index is 2.18. The van der Waals surface area contributed by atoms with Gasteiger partial charge in [0.15, 0.2) is 0 Å². The topological polar surface area (TPSA) is 38.5 Å². The summed E-state index contributed by atoms with van der Waals surface area (Å²) in [6, 6.07) is 6.00. The van der Waals surface area contributed by atoms with Gasteiger partial charge in [-0.3, -0.25) is 4.90 Å². The van der Waals surface area contributed by atoms with Crippen LogP contribution < -0.4 is 10.5 Å². The molecule has 3 heteroatoms. The molecular formula is C13H20N2O. The van der Waals surface area contributed by atoms with Crippen LogP contribution in [0.5, 0.6) is 5.75 Å². The van der Waals surface area contributed by atoms with Gasteiger partial charge in [0.2, 0.25) is 0 Å². The van der Waals surface area contributed by atoms with Crippen molar-refractivity contribution in [2.24, 2.45) is 5.92 Å². The van der Waals surface area contributed by atoms with Gasteiger partial charge in [-0.1, -0.05) is 26.0 Å². The van der Waals surface area contributed by atoms with Crippen molar-refractivity contribution in [2.45, 2.75) is 20.4 Å². The molecule has 1 aromatic carbocycles. The maximum Gasteiger partial charge on any atom is 0.146 e. The molecule has 0 spiro atoms. The summed E-state index contributed by atoms with van der Waals surface area (Å²) in [7, 11) is 0. The number of hydrogen-bond donors (Lipinski definition) is 1. The first kappa shape index (κ1) is 11.3. The van der Waals surface area contributed by atoms with Crippen molar-refractivity contribution >= 4 is 5.69 Å². The van der Waals surface area contributed by atoms with Gasteiger partial charge < -0.3 is 10.5 Å². The molecule has 3 nitrogen and oxygen atoms in total. The summed E-state index contributed by atoms with van der Waals surface area (Å²) < 4.78 is 5.72. The van der Waals surface area contributed by atoms with Crippen molar-refractivity contribution in [1.82, 2.24) is 4.90 Å². The summed E-state index contributed by atoms with van der Waals surface area (Å²) in [4.78, 5) is 2.43. The van der Waals surface area contributed by atoms with Crippen LogP contribution in [0.25, 0.3) is 0 Å². The van der Waals surface area contributed by atoms with Gasteiger partial charge in [-0.15, -0.1) is 0 Å². The van der Waals surface area contributed by atoms with Crippen LogP contribution in [0.2, 0.25) is 0 Å². The van der Waals surface area contributed by atoms with Gasteiger partial charge in [0.05, 0.1) is 5.69 Å². The smallest absolute Gasteiger partial charge is 0.146 e. The number of benzene rings is 1. The number of nitrogens with zero attached hydrogens (tertiary/aromatic N) is 1. The highest BCUT2D eigenvalue weighted by atomic mass is 16.5. The Morgan fingerprint density at radius 1 is 1.44 bits per heavy atom. The molecule has 0 bridgehead atoms. The lowest BCUT2D eigenvalue weighted by molar-refractivity contribution is 0.207. The molecule has 88 valence electrons. The van der Waals surface area contributed by atoms with E-state index in [9.17, 15) is 0 Å². The van der Waals surface area contributed by atoms with Crippen molar-refractivity contribution in [3.63, 3.8) is 0 Å². The minimum absolute atomic E-state index is 0.683. The molecule has 0 atom stereocenters. The highest BCUT2D eigenvalue weighted by molar-refractivity contribution is 5.56. The lowest BCUT2D eigenvalue weighted by Crippen LogP contribution is -2.29. The fourth-order valence-corrected chi connectivity index (χ4v) is 2.17. The molecule has 1 heterocycles. The second kappa shape index (κ2) is 4.74. The summed E-state index contributed by atoms with van der Waals surface area (Å²) in [6.45, 7) is 8.24. The fraction of sp³-hybridized carbons (Fsp3) is 0.538. The third-order valence-electron chi connectivity index (χ3n) is 2.80. The Morgan fingerprint density at radius 3 is 3.00 bits per heavy atom. The number of para-hydroxylation sites is 1. The quantitative estimate of drug-likeness (QED) is 0.776. The molecule has 0 saturated carbocycles.